The first-order valence-corrected chi connectivity index (χ1v) is 15.8. The van der Waals surface area contributed by atoms with Crippen molar-refractivity contribution < 1.29 is 9.13 Å². The van der Waals surface area contributed by atoms with Crippen LogP contribution in [0.2, 0.25) is 0 Å². The SMILES string of the molecule is N#Cc1c(N)sc2c1C1(CN(c3nc(OC[C@@]45CCCN4C[C@H](F)C5)nc4c3ncn4Cc3cccnc3N)C1)SC2. The molecule has 3 fully saturated rings. The fourth-order valence-corrected chi connectivity index (χ4v) is 9.97. The van der Waals surface area contributed by atoms with E-state index in [1.165, 1.54) is 16.2 Å². The van der Waals surface area contributed by atoms with Crippen molar-refractivity contribution in [1.82, 2.24) is 29.4 Å². The first-order valence-electron chi connectivity index (χ1n) is 14.0. The van der Waals surface area contributed by atoms with Crippen LogP contribution in [0.25, 0.3) is 11.2 Å². The number of fused-ring (bicyclic) bond motifs is 4. The molecule has 1 spiro atoms. The molecule has 11 nitrogen and oxygen atoms in total. The predicted octanol–water partition coefficient (Wildman–Crippen LogP) is 3.28. The number of thiophene rings is 1. The van der Waals surface area contributed by atoms with Crippen LogP contribution in [0.3, 0.4) is 0 Å². The Labute approximate surface area is 249 Å². The normalized spacial score (nSPS) is 24.2. The lowest BCUT2D eigenvalue weighted by atomic mass is 9.88. The van der Waals surface area contributed by atoms with Crippen LogP contribution < -0.4 is 21.1 Å². The molecule has 4 aromatic rings. The van der Waals surface area contributed by atoms with E-state index >= 15 is 0 Å². The number of anilines is 3. The van der Waals surface area contributed by atoms with Crippen LogP contribution in [0.4, 0.5) is 21.0 Å². The topological polar surface area (TPSA) is 148 Å². The Morgan fingerprint density at radius 3 is 2.95 bits per heavy atom. The lowest BCUT2D eigenvalue weighted by molar-refractivity contribution is 0.107. The van der Waals surface area contributed by atoms with Gasteiger partial charge in [-0.15, -0.1) is 23.1 Å². The number of nitrogens with zero attached hydrogens (tertiary/aromatic N) is 8. The van der Waals surface area contributed by atoms with Crippen molar-refractivity contribution in [2.45, 2.75) is 48.0 Å². The molecule has 8 rings (SSSR count). The molecule has 14 heteroatoms. The molecule has 4 aromatic heterocycles. The van der Waals surface area contributed by atoms with E-state index in [1.807, 2.05) is 28.5 Å². The number of nitriles is 1. The van der Waals surface area contributed by atoms with Gasteiger partial charge < -0.3 is 25.7 Å². The van der Waals surface area contributed by atoms with Crippen LogP contribution in [-0.2, 0) is 17.0 Å². The number of ether oxygens (including phenoxy) is 1. The molecule has 0 amide bonds. The summed E-state index contributed by atoms with van der Waals surface area (Å²) in [6.45, 7) is 3.47. The third-order valence-corrected chi connectivity index (χ3v) is 11.8. The summed E-state index contributed by atoms with van der Waals surface area (Å²) in [6.07, 6.45) is 4.98. The summed E-state index contributed by atoms with van der Waals surface area (Å²) in [5.41, 5.74) is 15.9. The van der Waals surface area contributed by atoms with Gasteiger partial charge >= 0.3 is 6.01 Å². The third-order valence-electron chi connectivity index (χ3n) is 9.17. The second-order valence-electron chi connectivity index (χ2n) is 11.7. The first kappa shape index (κ1) is 26.0. The summed E-state index contributed by atoms with van der Waals surface area (Å²) in [4.78, 5) is 24.2. The molecule has 0 aliphatic carbocycles. The summed E-state index contributed by atoms with van der Waals surface area (Å²) in [7, 11) is 0. The maximum Gasteiger partial charge on any atom is 0.320 e. The van der Waals surface area contributed by atoms with Crippen LogP contribution in [0, 0.1) is 11.3 Å². The van der Waals surface area contributed by atoms with Crippen molar-refractivity contribution in [3.05, 3.63) is 46.2 Å². The number of rotatable bonds is 6. The molecule has 42 heavy (non-hydrogen) atoms. The van der Waals surface area contributed by atoms with E-state index in [-0.39, 0.29) is 16.3 Å². The Morgan fingerprint density at radius 1 is 1.24 bits per heavy atom. The third kappa shape index (κ3) is 3.86. The summed E-state index contributed by atoms with van der Waals surface area (Å²) >= 11 is 3.38. The van der Waals surface area contributed by atoms with Gasteiger partial charge in [0.25, 0.3) is 0 Å². The van der Waals surface area contributed by atoms with Gasteiger partial charge in [0.05, 0.1) is 28.7 Å². The monoisotopic (exact) mass is 604 g/mol. The van der Waals surface area contributed by atoms with Crippen molar-refractivity contribution >= 4 is 50.9 Å². The number of hydrogen-bond donors (Lipinski definition) is 2. The number of pyridine rings is 1. The molecule has 4 aliphatic heterocycles. The van der Waals surface area contributed by atoms with E-state index in [0.29, 0.717) is 72.6 Å². The number of hydrogen-bond acceptors (Lipinski definition) is 12. The molecule has 4 N–H and O–H groups in total. The Hall–Kier alpha value is -3.67. The first-order chi connectivity index (χ1) is 20.4. The molecular weight excluding hydrogens is 576 g/mol. The Bertz CT molecular complexity index is 1760. The van der Waals surface area contributed by atoms with Crippen LogP contribution in [-0.4, -0.2) is 73.9 Å². The molecule has 0 radical (unpaired) electrons. The average Bonchev–Trinajstić information content (AvgIpc) is 3.74. The smallest absolute Gasteiger partial charge is 0.320 e. The highest BCUT2D eigenvalue weighted by molar-refractivity contribution is 8.00. The minimum absolute atomic E-state index is 0.206. The van der Waals surface area contributed by atoms with Crippen molar-refractivity contribution in [3.63, 3.8) is 0 Å². The number of nitrogen functional groups attached to an aromatic ring is 2. The lowest BCUT2D eigenvalue weighted by Gasteiger charge is -2.48. The fourth-order valence-electron chi connectivity index (χ4n) is 7.16. The number of alkyl halides is 1. The number of thioether (sulfide) groups is 1. The number of nitrogens with two attached hydrogens (primary N) is 2. The average molecular weight is 605 g/mol. The van der Waals surface area contributed by atoms with Gasteiger partial charge in [0.1, 0.15) is 29.7 Å². The van der Waals surface area contributed by atoms with Gasteiger partial charge in [0.2, 0.25) is 0 Å². The maximum absolute atomic E-state index is 14.4. The Morgan fingerprint density at radius 2 is 2.12 bits per heavy atom. The second kappa shape index (κ2) is 9.42. The van der Waals surface area contributed by atoms with Gasteiger partial charge in [-0.05, 0) is 25.5 Å². The fraction of sp³-hybridized carbons (Fsp3) is 0.464. The van der Waals surface area contributed by atoms with Gasteiger partial charge in [-0.1, -0.05) is 6.07 Å². The van der Waals surface area contributed by atoms with Gasteiger partial charge in [0.15, 0.2) is 17.0 Å². The zero-order valence-electron chi connectivity index (χ0n) is 22.8. The van der Waals surface area contributed by atoms with Crippen LogP contribution >= 0.6 is 23.1 Å². The largest absolute Gasteiger partial charge is 0.461 e. The van der Waals surface area contributed by atoms with Crippen LogP contribution in [0.1, 0.15) is 40.8 Å². The Balaban J connectivity index is 1.14. The number of halogens is 1. The zero-order chi connectivity index (χ0) is 28.6. The highest BCUT2D eigenvalue weighted by Gasteiger charge is 2.53. The Kier molecular flexibility index (Phi) is 5.83. The zero-order valence-corrected chi connectivity index (χ0v) is 24.4. The van der Waals surface area contributed by atoms with Gasteiger partial charge in [-0.25, -0.2) is 14.4 Å². The minimum atomic E-state index is -0.838. The minimum Gasteiger partial charge on any atom is -0.461 e. The molecule has 0 saturated carbocycles. The van der Waals surface area contributed by atoms with Gasteiger partial charge in [-0.3, -0.25) is 4.90 Å². The lowest BCUT2D eigenvalue weighted by Crippen LogP contribution is -2.57. The van der Waals surface area contributed by atoms with Crippen LogP contribution in [0.5, 0.6) is 6.01 Å². The summed E-state index contributed by atoms with van der Waals surface area (Å²) in [5, 5.41) is 10.4. The molecule has 216 valence electrons. The van der Waals surface area contributed by atoms with Gasteiger partial charge in [-0.2, -0.15) is 15.2 Å². The van der Waals surface area contributed by atoms with E-state index < -0.39 is 6.17 Å². The van der Waals surface area contributed by atoms with E-state index in [1.54, 1.807) is 12.5 Å². The van der Waals surface area contributed by atoms with Crippen molar-refractivity contribution in [2.75, 3.05) is 49.2 Å². The quantitative estimate of drug-likeness (QED) is 0.334. The second-order valence-corrected chi connectivity index (χ2v) is 14.2. The highest BCUT2D eigenvalue weighted by atomic mass is 32.2. The summed E-state index contributed by atoms with van der Waals surface area (Å²) in [6, 6.07) is 6.37. The van der Waals surface area contributed by atoms with Crippen molar-refractivity contribution in [3.8, 4) is 12.1 Å². The van der Waals surface area contributed by atoms with Crippen LogP contribution in [0.15, 0.2) is 24.7 Å². The van der Waals surface area contributed by atoms with Crippen molar-refractivity contribution in [2.24, 2.45) is 0 Å². The van der Waals surface area contributed by atoms with E-state index in [4.69, 9.17) is 31.2 Å². The molecule has 8 heterocycles. The number of imidazole rings is 1. The predicted molar refractivity (Wildman–Crippen MR) is 160 cm³/mol. The van der Waals surface area contributed by atoms with Gasteiger partial charge in [0, 0.05) is 54.0 Å². The molecular formula is C28H29FN10OS2. The van der Waals surface area contributed by atoms with Crippen molar-refractivity contribution in [1.29, 1.82) is 5.26 Å². The molecule has 4 aliphatic rings. The summed E-state index contributed by atoms with van der Waals surface area (Å²) < 4.78 is 22.5. The van der Waals surface area contributed by atoms with E-state index in [9.17, 15) is 9.65 Å². The molecule has 3 saturated heterocycles. The molecule has 0 unspecified atom stereocenters. The molecule has 2 atom stereocenters. The van der Waals surface area contributed by atoms with E-state index in [2.05, 4.69) is 20.9 Å². The molecule has 0 aromatic carbocycles. The molecule has 0 bridgehead atoms. The number of aromatic nitrogens is 5. The standard InChI is InChI=1S/C28H29FN10OS2/c29-17-7-27(4-2-6-39(27)10-17)14-40-26-35-24-21(34-15-37(24)9-16-3-1-5-33-22(16)31)25(36-26)38-12-28(13-38)20-18(8-30)23(32)42-19(20)11-41-28/h1,3,5,15,17H,2,4,6-7,9-14,32H2,(H2,31,33)/t17-,27+/m1/s1. The van der Waals surface area contributed by atoms with E-state index in [0.717, 1.165) is 36.3 Å². The highest BCUT2D eigenvalue weighted by Crippen LogP contribution is 2.58. The summed E-state index contributed by atoms with van der Waals surface area (Å²) in [5.74, 6) is 1.99. The maximum atomic E-state index is 14.4.